The fourth-order valence-electron chi connectivity index (χ4n) is 5.22. The van der Waals surface area contributed by atoms with Crippen LogP contribution in [0, 0.1) is 5.82 Å². The summed E-state index contributed by atoms with van der Waals surface area (Å²) in [5.74, 6) is -0.174. The molecule has 5 rings (SSSR count). The number of nitrogens with one attached hydrogen (secondary N) is 1. The van der Waals surface area contributed by atoms with Crippen molar-refractivity contribution >= 4 is 16.7 Å². The van der Waals surface area contributed by atoms with Gasteiger partial charge in [0.15, 0.2) is 0 Å². The number of aromatic carboxylic acids is 1. The van der Waals surface area contributed by atoms with Crippen LogP contribution in [0.5, 0.6) is 11.5 Å². The van der Waals surface area contributed by atoms with Crippen LogP contribution in [0.4, 0.5) is 4.39 Å². The van der Waals surface area contributed by atoms with E-state index in [0.717, 1.165) is 27.8 Å². The lowest BCUT2D eigenvalue weighted by Crippen LogP contribution is -2.37. The lowest BCUT2D eigenvalue weighted by atomic mass is 9.83. The third kappa shape index (κ3) is 4.40. The molecule has 0 spiro atoms. The Balaban J connectivity index is 1.42. The minimum Gasteiger partial charge on any atom is -0.496 e. The summed E-state index contributed by atoms with van der Waals surface area (Å²) in [7, 11) is 1.50. The van der Waals surface area contributed by atoms with E-state index in [1.807, 2.05) is 54.6 Å². The molecule has 0 saturated heterocycles. The van der Waals surface area contributed by atoms with Gasteiger partial charge in [0.1, 0.15) is 29.0 Å². The highest BCUT2D eigenvalue weighted by molar-refractivity contribution is 5.91. The lowest BCUT2D eigenvalue weighted by molar-refractivity contribution is 0.0693. The van der Waals surface area contributed by atoms with Gasteiger partial charge in [-0.25, -0.2) is 9.18 Å². The molecule has 6 heteroatoms. The van der Waals surface area contributed by atoms with Gasteiger partial charge in [0.25, 0.3) is 0 Å². The van der Waals surface area contributed by atoms with Gasteiger partial charge in [0, 0.05) is 35.0 Å². The normalized spacial score (nSPS) is 17.8. The number of halogens is 1. The van der Waals surface area contributed by atoms with E-state index < -0.39 is 5.97 Å². The molecule has 2 N–H and O–H groups in total. The molecular formula is C30H28FNO4. The molecule has 0 amide bonds. The number of ether oxygens (including phenoxy) is 2. The van der Waals surface area contributed by atoms with Gasteiger partial charge in [-0.3, -0.25) is 0 Å². The maximum atomic E-state index is 14.3. The van der Waals surface area contributed by atoms with Crippen LogP contribution in [0.1, 0.15) is 52.4 Å². The first-order valence-corrected chi connectivity index (χ1v) is 12.0. The van der Waals surface area contributed by atoms with Crippen molar-refractivity contribution in [3.05, 3.63) is 107 Å². The number of carboxylic acids is 1. The van der Waals surface area contributed by atoms with E-state index in [9.17, 15) is 14.3 Å². The highest BCUT2D eigenvalue weighted by Crippen LogP contribution is 2.44. The predicted octanol–water partition coefficient (Wildman–Crippen LogP) is 6.32. The van der Waals surface area contributed by atoms with Gasteiger partial charge in [-0.05, 0) is 42.5 Å². The smallest absolute Gasteiger partial charge is 0.339 e. The van der Waals surface area contributed by atoms with Gasteiger partial charge < -0.3 is 19.9 Å². The molecule has 4 aromatic carbocycles. The molecule has 36 heavy (non-hydrogen) atoms. The number of benzene rings is 4. The molecule has 0 saturated carbocycles. The number of hydrogen-bond acceptors (Lipinski definition) is 4. The lowest BCUT2D eigenvalue weighted by Gasteiger charge is -2.34. The number of para-hydroxylation sites is 2. The number of carboxylic acid groups (broad SMARTS) is 1. The first kappa shape index (κ1) is 23.8. The second-order valence-corrected chi connectivity index (χ2v) is 9.11. The Bertz CT molecular complexity index is 1420. The average molecular weight is 486 g/mol. The zero-order valence-electron chi connectivity index (χ0n) is 20.2. The maximum Gasteiger partial charge on any atom is 0.339 e. The molecule has 1 heterocycles. The minimum atomic E-state index is -1.02. The maximum absolute atomic E-state index is 14.3. The first-order valence-electron chi connectivity index (χ1n) is 12.0. The molecule has 0 radical (unpaired) electrons. The Morgan fingerprint density at radius 2 is 1.75 bits per heavy atom. The van der Waals surface area contributed by atoms with Crippen molar-refractivity contribution in [1.82, 2.24) is 5.32 Å². The summed E-state index contributed by atoms with van der Waals surface area (Å²) in [6.45, 7) is 2.63. The van der Waals surface area contributed by atoms with Crippen LogP contribution in [-0.4, -0.2) is 30.8 Å². The zero-order valence-corrected chi connectivity index (χ0v) is 20.2. The van der Waals surface area contributed by atoms with Crippen molar-refractivity contribution in [2.75, 3.05) is 13.7 Å². The van der Waals surface area contributed by atoms with Crippen LogP contribution in [0.15, 0.2) is 78.9 Å². The SMILES string of the molecule is COc1c(C(=O)O)cccc1[C@@H]1C[C@H](CN[C@H](C)c2ccc(F)c3ccccc23)Oc2ccccc21. The van der Waals surface area contributed by atoms with Crippen molar-refractivity contribution in [3.63, 3.8) is 0 Å². The monoisotopic (exact) mass is 485 g/mol. The predicted molar refractivity (Wildman–Crippen MR) is 138 cm³/mol. The van der Waals surface area contributed by atoms with E-state index in [0.29, 0.717) is 24.1 Å². The van der Waals surface area contributed by atoms with Gasteiger partial charge >= 0.3 is 5.97 Å². The molecule has 1 aliphatic heterocycles. The molecule has 184 valence electrons. The van der Waals surface area contributed by atoms with Crippen molar-refractivity contribution in [2.45, 2.75) is 31.4 Å². The molecule has 3 atom stereocenters. The van der Waals surface area contributed by atoms with E-state index >= 15 is 0 Å². The number of fused-ring (bicyclic) bond motifs is 2. The minimum absolute atomic E-state index is 0.0282. The molecule has 5 nitrogen and oxygen atoms in total. The van der Waals surface area contributed by atoms with Crippen LogP contribution in [0.3, 0.4) is 0 Å². The fourth-order valence-corrected chi connectivity index (χ4v) is 5.22. The Kier molecular flexibility index (Phi) is 6.61. The molecule has 0 unspecified atom stereocenters. The highest BCUT2D eigenvalue weighted by Gasteiger charge is 2.32. The molecule has 0 aliphatic carbocycles. The second-order valence-electron chi connectivity index (χ2n) is 9.11. The van der Waals surface area contributed by atoms with E-state index in [-0.39, 0.29) is 29.4 Å². The van der Waals surface area contributed by atoms with Gasteiger partial charge in [0.2, 0.25) is 0 Å². The van der Waals surface area contributed by atoms with Crippen LogP contribution < -0.4 is 14.8 Å². The Labute approximate surface area is 209 Å². The van der Waals surface area contributed by atoms with Gasteiger partial charge in [-0.1, -0.05) is 60.7 Å². The summed E-state index contributed by atoms with van der Waals surface area (Å²) in [5, 5.41) is 14.7. The number of rotatable bonds is 7. The average Bonchev–Trinajstić information content (AvgIpc) is 2.91. The Morgan fingerprint density at radius 1 is 1.03 bits per heavy atom. The van der Waals surface area contributed by atoms with E-state index in [1.165, 1.54) is 13.2 Å². The quantitative estimate of drug-likeness (QED) is 0.321. The van der Waals surface area contributed by atoms with E-state index in [2.05, 4.69) is 12.2 Å². The van der Waals surface area contributed by atoms with Gasteiger partial charge in [0.05, 0.1) is 7.11 Å². The van der Waals surface area contributed by atoms with Crippen molar-refractivity contribution in [2.24, 2.45) is 0 Å². The molecule has 0 bridgehead atoms. The molecular weight excluding hydrogens is 457 g/mol. The third-order valence-corrected chi connectivity index (χ3v) is 6.96. The standard InChI is InChI=1S/C30H28FNO4/c1-18(20-14-15-27(31)22-9-4-3-8-21(20)22)32-17-19-16-26(23-10-5-6-13-28(23)36-19)24-11-7-12-25(30(33)34)29(24)35-2/h3-15,18-19,26,32H,16-17H2,1-2H3,(H,33,34)/t18-,19-,26-/m1/s1. The van der Waals surface area contributed by atoms with E-state index in [4.69, 9.17) is 9.47 Å². The van der Waals surface area contributed by atoms with E-state index in [1.54, 1.807) is 18.2 Å². The van der Waals surface area contributed by atoms with Gasteiger partial charge in [-0.15, -0.1) is 0 Å². The molecule has 0 fully saturated rings. The van der Waals surface area contributed by atoms with Crippen LogP contribution in [0.2, 0.25) is 0 Å². The number of carbonyl (C=O) groups is 1. The number of hydrogen-bond donors (Lipinski definition) is 2. The summed E-state index contributed by atoms with van der Waals surface area (Å²) in [4.78, 5) is 11.8. The van der Waals surface area contributed by atoms with Crippen LogP contribution in [-0.2, 0) is 0 Å². The summed E-state index contributed by atoms with van der Waals surface area (Å²) in [5.41, 5.74) is 3.00. The Morgan fingerprint density at radius 3 is 2.53 bits per heavy atom. The summed E-state index contributed by atoms with van der Waals surface area (Å²) >= 11 is 0. The topological polar surface area (TPSA) is 67.8 Å². The third-order valence-electron chi connectivity index (χ3n) is 6.96. The van der Waals surface area contributed by atoms with Crippen molar-refractivity contribution in [3.8, 4) is 11.5 Å². The number of methoxy groups -OCH3 is 1. The highest BCUT2D eigenvalue weighted by atomic mass is 19.1. The van der Waals surface area contributed by atoms with Crippen LogP contribution in [0.25, 0.3) is 10.8 Å². The first-order chi connectivity index (χ1) is 17.5. The summed E-state index contributed by atoms with van der Waals surface area (Å²) in [6, 6.07) is 23.9. The molecule has 4 aromatic rings. The van der Waals surface area contributed by atoms with Crippen molar-refractivity contribution in [1.29, 1.82) is 0 Å². The fraction of sp³-hybridized carbons (Fsp3) is 0.233. The molecule has 0 aromatic heterocycles. The van der Waals surface area contributed by atoms with Gasteiger partial charge in [-0.2, -0.15) is 0 Å². The zero-order chi connectivity index (χ0) is 25.2. The Hall–Kier alpha value is -3.90. The second kappa shape index (κ2) is 9.99. The summed E-state index contributed by atoms with van der Waals surface area (Å²) < 4.78 is 26.2. The summed E-state index contributed by atoms with van der Waals surface area (Å²) in [6.07, 6.45) is 0.498. The largest absolute Gasteiger partial charge is 0.496 e. The van der Waals surface area contributed by atoms with Crippen molar-refractivity contribution < 1.29 is 23.8 Å². The van der Waals surface area contributed by atoms with Crippen LogP contribution >= 0.6 is 0 Å². The molecule has 1 aliphatic rings.